The second-order valence-corrected chi connectivity index (χ2v) is 6.39. The van der Waals surface area contributed by atoms with Gasteiger partial charge in [-0.1, -0.05) is 24.3 Å². The zero-order chi connectivity index (χ0) is 13.2. The van der Waals surface area contributed by atoms with Crippen molar-refractivity contribution in [2.45, 2.75) is 21.6 Å². The first-order chi connectivity index (χ1) is 9.25. The molecule has 0 saturated carbocycles. The van der Waals surface area contributed by atoms with E-state index in [1.165, 1.54) is 0 Å². The quantitative estimate of drug-likeness (QED) is 0.784. The highest BCUT2D eigenvalue weighted by Crippen LogP contribution is 2.37. The fraction of sp³-hybridized carbons (Fsp3) is 0.200. The molecule has 0 N–H and O–H groups in total. The Labute approximate surface area is 119 Å². The van der Waals surface area contributed by atoms with Gasteiger partial charge in [-0.05, 0) is 24.3 Å². The Bertz CT molecular complexity index is 613. The standard InChI is InChI=1S/C15H13ClO2S/c16-14-8-9-18-15-10-12(6-7-13(14)15)19(17)11-4-2-1-3-5-11/h1-7,10,14H,8-9H2. The number of hydrogen-bond acceptors (Lipinski definition) is 2. The molecule has 0 fully saturated rings. The van der Waals surface area contributed by atoms with Crippen LogP contribution < -0.4 is 4.74 Å². The molecule has 0 amide bonds. The third-order valence-electron chi connectivity index (χ3n) is 3.12. The Hall–Kier alpha value is -1.32. The summed E-state index contributed by atoms with van der Waals surface area (Å²) in [7, 11) is -1.18. The normalized spacial score (nSPS) is 19.3. The Kier molecular flexibility index (Phi) is 3.58. The van der Waals surface area contributed by atoms with E-state index < -0.39 is 10.8 Å². The first kappa shape index (κ1) is 12.7. The summed E-state index contributed by atoms with van der Waals surface area (Å²) in [5.74, 6) is 0.757. The van der Waals surface area contributed by atoms with Crippen molar-refractivity contribution in [3.05, 3.63) is 54.1 Å². The number of alkyl halides is 1. The van der Waals surface area contributed by atoms with Gasteiger partial charge < -0.3 is 4.74 Å². The van der Waals surface area contributed by atoms with Crippen molar-refractivity contribution >= 4 is 22.4 Å². The molecule has 2 atom stereocenters. The minimum Gasteiger partial charge on any atom is -0.493 e. The average Bonchev–Trinajstić information content (AvgIpc) is 2.47. The van der Waals surface area contributed by atoms with E-state index in [1.807, 2.05) is 48.5 Å². The van der Waals surface area contributed by atoms with E-state index in [0.29, 0.717) is 6.61 Å². The zero-order valence-corrected chi connectivity index (χ0v) is 11.8. The van der Waals surface area contributed by atoms with Crippen molar-refractivity contribution in [3.8, 4) is 5.75 Å². The smallest absolute Gasteiger partial charge is 0.125 e. The number of halogens is 1. The lowest BCUT2D eigenvalue weighted by molar-refractivity contribution is 0.284. The third-order valence-corrected chi connectivity index (χ3v) is 4.96. The minimum absolute atomic E-state index is 0.0111. The molecule has 0 aliphatic carbocycles. The van der Waals surface area contributed by atoms with Crippen molar-refractivity contribution in [2.75, 3.05) is 6.61 Å². The maximum atomic E-state index is 12.4. The molecule has 0 spiro atoms. The second kappa shape index (κ2) is 5.35. The predicted molar refractivity (Wildman–Crippen MR) is 76.3 cm³/mol. The summed E-state index contributed by atoms with van der Waals surface area (Å²) in [4.78, 5) is 1.54. The Morgan fingerprint density at radius 1 is 1.11 bits per heavy atom. The molecule has 2 aromatic carbocycles. The van der Waals surface area contributed by atoms with Crippen LogP contribution in [0, 0.1) is 0 Å². The summed E-state index contributed by atoms with van der Waals surface area (Å²) in [6, 6.07) is 15.0. The molecule has 2 aromatic rings. The van der Waals surface area contributed by atoms with Gasteiger partial charge in [0.25, 0.3) is 0 Å². The molecule has 2 unspecified atom stereocenters. The van der Waals surface area contributed by atoms with Crippen molar-refractivity contribution in [3.63, 3.8) is 0 Å². The van der Waals surface area contributed by atoms with Gasteiger partial charge in [0.2, 0.25) is 0 Å². The number of ether oxygens (including phenoxy) is 1. The van der Waals surface area contributed by atoms with Crippen LogP contribution in [0.5, 0.6) is 5.75 Å². The van der Waals surface area contributed by atoms with Crippen LogP contribution >= 0.6 is 11.6 Å². The van der Waals surface area contributed by atoms with E-state index in [9.17, 15) is 4.21 Å². The first-order valence-electron chi connectivity index (χ1n) is 6.13. The predicted octanol–water partition coefficient (Wildman–Crippen LogP) is 3.92. The number of benzene rings is 2. The maximum absolute atomic E-state index is 12.4. The summed E-state index contributed by atoms with van der Waals surface area (Å²) in [6.07, 6.45) is 0.815. The fourth-order valence-corrected chi connectivity index (χ4v) is 3.47. The lowest BCUT2D eigenvalue weighted by atomic mass is 10.1. The van der Waals surface area contributed by atoms with Crippen molar-refractivity contribution in [1.82, 2.24) is 0 Å². The van der Waals surface area contributed by atoms with Gasteiger partial charge in [0.15, 0.2) is 0 Å². The van der Waals surface area contributed by atoms with E-state index >= 15 is 0 Å². The highest BCUT2D eigenvalue weighted by molar-refractivity contribution is 7.85. The Morgan fingerprint density at radius 3 is 2.68 bits per heavy atom. The minimum atomic E-state index is -1.18. The zero-order valence-electron chi connectivity index (χ0n) is 10.2. The summed E-state index contributed by atoms with van der Waals surface area (Å²) < 4.78 is 18.0. The lowest BCUT2D eigenvalue weighted by Gasteiger charge is -2.22. The van der Waals surface area contributed by atoms with Gasteiger partial charge in [0.1, 0.15) is 5.75 Å². The number of rotatable bonds is 2. The van der Waals surface area contributed by atoms with Crippen LogP contribution in [0.2, 0.25) is 0 Å². The van der Waals surface area contributed by atoms with E-state index in [-0.39, 0.29) is 5.38 Å². The van der Waals surface area contributed by atoms with Gasteiger partial charge in [-0.25, -0.2) is 4.21 Å². The van der Waals surface area contributed by atoms with Crippen LogP contribution in [0.3, 0.4) is 0 Å². The molecule has 4 heteroatoms. The summed E-state index contributed by atoms with van der Waals surface area (Å²) in [5, 5.41) is -0.0111. The Morgan fingerprint density at radius 2 is 1.89 bits per heavy atom. The molecule has 0 radical (unpaired) electrons. The fourth-order valence-electron chi connectivity index (χ4n) is 2.12. The largest absolute Gasteiger partial charge is 0.493 e. The van der Waals surface area contributed by atoms with Crippen molar-refractivity contribution in [2.24, 2.45) is 0 Å². The van der Waals surface area contributed by atoms with Crippen LogP contribution in [-0.4, -0.2) is 10.8 Å². The molecule has 0 aromatic heterocycles. The van der Waals surface area contributed by atoms with E-state index in [1.54, 1.807) is 0 Å². The van der Waals surface area contributed by atoms with Gasteiger partial charge >= 0.3 is 0 Å². The van der Waals surface area contributed by atoms with Gasteiger partial charge in [-0.3, -0.25) is 0 Å². The monoisotopic (exact) mass is 292 g/mol. The molecule has 0 bridgehead atoms. The van der Waals surface area contributed by atoms with Gasteiger partial charge in [0, 0.05) is 21.8 Å². The molecular weight excluding hydrogens is 280 g/mol. The van der Waals surface area contributed by atoms with Gasteiger partial charge in [-0.15, -0.1) is 11.6 Å². The topological polar surface area (TPSA) is 26.3 Å². The Balaban J connectivity index is 1.97. The molecular formula is C15H13ClO2S. The summed E-state index contributed by atoms with van der Waals surface area (Å²) in [5.41, 5.74) is 0.988. The highest BCUT2D eigenvalue weighted by Gasteiger charge is 2.20. The number of fused-ring (bicyclic) bond motifs is 1. The molecule has 98 valence electrons. The SMILES string of the molecule is O=S(c1ccccc1)c1ccc2c(c1)OCCC2Cl. The van der Waals surface area contributed by atoms with Crippen LogP contribution in [0.1, 0.15) is 17.4 Å². The van der Waals surface area contributed by atoms with Crippen LogP contribution in [0.25, 0.3) is 0 Å². The van der Waals surface area contributed by atoms with Gasteiger partial charge in [-0.2, -0.15) is 0 Å². The third kappa shape index (κ3) is 2.53. The van der Waals surface area contributed by atoms with Gasteiger partial charge in [0.05, 0.1) is 22.8 Å². The van der Waals surface area contributed by atoms with E-state index in [4.69, 9.17) is 16.3 Å². The molecule has 0 saturated heterocycles. The molecule has 1 aliphatic rings. The molecule has 3 rings (SSSR count). The second-order valence-electron chi connectivity index (χ2n) is 4.39. The first-order valence-corrected chi connectivity index (χ1v) is 7.72. The van der Waals surface area contributed by atoms with Crippen LogP contribution in [0.15, 0.2) is 58.3 Å². The summed E-state index contributed by atoms with van der Waals surface area (Å²) in [6.45, 7) is 0.614. The summed E-state index contributed by atoms with van der Waals surface area (Å²) >= 11 is 6.24. The highest BCUT2D eigenvalue weighted by atomic mass is 35.5. The molecule has 1 heterocycles. The van der Waals surface area contributed by atoms with E-state index in [0.717, 1.165) is 27.5 Å². The molecule has 19 heavy (non-hydrogen) atoms. The van der Waals surface area contributed by atoms with Crippen LogP contribution in [-0.2, 0) is 10.8 Å². The molecule has 1 aliphatic heterocycles. The van der Waals surface area contributed by atoms with Crippen molar-refractivity contribution < 1.29 is 8.95 Å². The van der Waals surface area contributed by atoms with Crippen LogP contribution in [0.4, 0.5) is 0 Å². The lowest BCUT2D eigenvalue weighted by Crippen LogP contribution is -2.11. The average molecular weight is 293 g/mol. The van der Waals surface area contributed by atoms with Crippen molar-refractivity contribution in [1.29, 1.82) is 0 Å². The molecule has 2 nitrogen and oxygen atoms in total. The maximum Gasteiger partial charge on any atom is 0.125 e. The van der Waals surface area contributed by atoms with E-state index in [2.05, 4.69) is 0 Å². The number of hydrogen-bond donors (Lipinski definition) is 0.